The maximum Gasteiger partial charge on any atom is 0.129 e. The Kier molecular flexibility index (Phi) is 5.78. The first-order chi connectivity index (χ1) is 9.65. The molecule has 1 aliphatic rings. The number of halogens is 2. The molecule has 0 aliphatic carbocycles. The van der Waals surface area contributed by atoms with Crippen LogP contribution in [0, 0.1) is 5.82 Å². The molecule has 3 nitrogen and oxygen atoms in total. The Hall–Kier alpha value is -0.680. The minimum absolute atomic E-state index is 0.0592. The summed E-state index contributed by atoms with van der Waals surface area (Å²) in [6, 6.07) is 4.80. The molecule has 0 saturated carbocycles. The van der Waals surface area contributed by atoms with Gasteiger partial charge < -0.3 is 10.6 Å². The van der Waals surface area contributed by atoms with Crippen LogP contribution in [0.4, 0.5) is 4.39 Å². The SMILES string of the molecule is CCCN1CCN(C(CN)c2ccc(Cl)cc2F)CC1. The van der Waals surface area contributed by atoms with E-state index in [1.807, 2.05) is 0 Å². The summed E-state index contributed by atoms with van der Waals surface area (Å²) in [5.41, 5.74) is 6.53. The number of rotatable bonds is 5. The third-order valence-electron chi connectivity index (χ3n) is 3.93. The molecule has 112 valence electrons. The smallest absolute Gasteiger partial charge is 0.129 e. The van der Waals surface area contributed by atoms with Gasteiger partial charge in [-0.2, -0.15) is 0 Å². The maximum absolute atomic E-state index is 14.1. The Labute approximate surface area is 125 Å². The zero-order valence-corrected chi connectivity index (χ0v) is 12.7. The predicted octanol–water partition coefficient (Wildman–Crippen LogP) is 2.51. The lowest BCUT2D eigenvalue weighted by Gasteiger charge is -2.39. The Balaban J connectivity index is 2.05. The fourth-order valence-corrected chi connectivity index (χ4v) is 3.02. The van der Waals surface area contributed by atoms with Gasteiger partial charge in [0.15, 0.2) is 0 Å². The number of nitrogens with two attached hydrogens (primary N) is 1. The van der Waals surface area contributed by atoms with E-state index in [1.54, 1.807) is 12.1 Å². The fraction of sp³-hybridized carbons (Fsp3) is 0.600. The van der Waals surface area contributed by atoms with E-state index in [-0.39, 0.29) is 11.9 Å². The molecule has 1 unspecified atom stereocenters. The van der Waals surface area contributed by atoms with Crippen LogP contribution in [0.5, 0.6) is 0 Å². The van der Waals surface area contributed by atoms with Crippen LogP contribution in [0.3, 0.4) is 0 Å². The van der Waals surface area contributed by atoms with E-state index in [4.69, 9.17) is 17.3 Å². The van der Waals surface area contributed by atoms with Gasteiger partial charge in [-0.15, -0.1) is 0 Å². The average Bonchev–Trinajstić information content (AvgIpc) is 2.44. The summed E-state index contributed by atoms with van der Waals surface area (Å²) in [7, 11) is 0. The molecule has 1 fully saturated rings. The number of hydrogen-bond donors (Lipinski definition) is 1. The van der Waals surface area contributed by atoms with Crippen LogP contribution in [0.2, 0.25) is 5.02 Å². The van der Waals surface area contributed by atoms with E-state index in [9.17, 15) is 4.39 Å². The predicted molar refractivity (Wildman–Crippen MR) is 81.5 cm³/mol. The van der Waals surface area contributed by atoms with Crippen molar-refractivity contribution >= 4 is 11.6 Å². The first-order valence-electron chi connectivity index (χ1n) is 7.27. The molecule has 20 heavy (non-hydrogen) atoms. The molecule has 1 atom stereocenters. The quantitative estimate of drug-likeness (QED) is 0.907. The van der Waals surface area contributed by atoms with E-state index >= 15 is 0 Å². The number of benzene rings is 1. The first kappa shape index (κ1) is 15.7. The van der Waals surface area contributed by atoms with Gasteiger partial charge in [0.2, 0.25) is 0 Å². The van der Waals surface area contributed by atoms with Gasteiger partial charge in [-0.1, -0.05) is 24.6 Å². The van der Waals surface area contributed by atoms with Crippen LogP contribution in [0.25, 0.3) is 0 Å². The highest BCUT2D eigenvalue weighted by Gasteiger charge is 2.25. The van der Waals surface area contributed by atoms with Gasteiger partial charge >= 0.3 is 0 Å². The highest BCUT2D eigenvalue weighted by molar-refractivity contribution is 6.30. The van der Waals surface area contributed by atoms with Gasteiger partial charge in [0.25, 0.3) is 0 Å². The third-order valence-corrected chi connectivity index (χ3v) is 4.17. The Bertz CT molecular complexity index is 433. The van der Waals surface area contributed by atoms with Crippen LogP contribution >= 0.6 is 11.6 Å². The molecule has 2 rings (SSSR count). The summed E-state index contributed by atoms with van der Waals surface area (Å²) < 4.78 is 14.1. The molecule has 0 aromatic heterocycles. The number of nitrogens with zero attached hydrogens (tertiary/aromatic N) is 2. The van der Waals surface area contributed by atoms with Crippen LogP contribution < -0.4 is 5.73 Å². The standard InChI is InChI=1S/C15H23ClFN3/c1-2-5-19-6-8-20(9-7-19)15(11-18)13-4-3-12(16)10-14(13)17/h3-4,10,15H,2,5-9,11,18H2,1H3. The van der Waals surface area contributed by atoms with Crippen molar-refractivity contribution in [3.8, 4) is 0 Å². The van der Waals surface area contributed by atoms with Gasteiger partial charge in [-0.3, -0.25) is 4.90 Å². The summed E-state index contributed by atoms with van der Waals surface area (Å²) in [4.78, 5) is 4.72. The lowest BCUT2D eigenvalue weighted by atomic mass is 10.0. The van der Waals surface area contributed by atoms with Crippen LogP contribution in [-0.2, 0) is 0 Å². The number of piperazine rings is 1. The van der Waals surface area contributed by atoms with Gasteiger partial charge in [-0.05, 0) is 25.1 Å². The molecule has 1 saturated heterocycles. The first-order valence-corrected chi connectivity index (χ1v) is 7.65. The van der Waals surface area contributed by atoms with Crippen molar-refractivity contribution in [3.63, 3.8) is 0 Å². The van der Waals surface area contributed by atoms with E-state index in [1.165, 1.54) is 12.5 Å². The van der Waals surface area contributed by atoms with E-state index in [0.717, 1.165) is 32.7 Å². The summed E-state index contributed by atoms with van der Waals surface area (Å²) >= 11 is 5.81. The molecule has 1 aromatic rings. The van der Waals surface area contributed by atoms with Crippen molar-refractivity contribution in [2.75, 3.05) is 39.3 Å². The summed E-state index contributed by atoms with van der Waals surface area (Å²) in [6.07, 6.45) is 1.17. The van der Waals surface area contributed by atoms with E-state index in [0.29, 0.717) is 17.1 Å². The highest BCUT2D eigenvalue weighted by Crippen LogP contribution is 2.25. The minimum Gasteiger partial charge on any atom is -0.329 e. The second-order valence-corrected chi connectivity index (χ2v) is 5.73. The molecule has 0 spiro atoms. The number of hydrogen-bond acceptors (Lipinski definition) is 3. The summed E-state index contributed by atoms with van der Waals surface area (Å²) in [6.45, 7) is 7.67. The van der Waals surface area contributed by atoms with Gasteiger partial charge in [0.05, 0.1) is 6.04 Å². The van der Waals surface area contributed by atoms with Crippen LogP contribution in [0.1, 0.15) is 24.9 Å². The van der Waals surface area contributed by atoms with Crippen LogP contribution in [-0.4, -0.2) is 49.1 Å². The van der Waals surface area contributed by atoms with Gasteiger partial charge in [-0.25, -0.2) is 4.39 Å². The Morgan fingerprint density at radius 3 is 2.55 bits per heavy atom. The molecule has 1 aromatic carbocycles. The second kappa shape index (κ2) is 7.36. The third kappa shape index (κ3) is 3.70. The Morgan fingerprint density at radius 2 is 2.00 bits per heavy atom. The molecular weight excluding hydrogens is 277 g/mol. The Morgan fingerprint density at radius 1 is 1.30 bits per heavy atom. The summed E-state index contributed by atoms with van der Waals surface area (Å²) in [5, 5.41) is 0.426. The average molecular weight is 300 g/mol. The lowest BCUT2D eigenvalue weighted by molar-refractivity contribution is 0.0971. The monoisotopic (exact) mass is 299 g/mol. The topological polar surface area (TPSA) is 32.5 Å². The van der Waals surface area contributed by atoms with Crippen molar-refractivity contribution in [1.29, 1.82) is 0 Å². The normalized spacial score (nSPS) is 19.2. The van der Waals surface area contributed by atoms with Crippen molar-refractivity contribution in [1.82, 2.24) is 9.80 Å². The molecule has 0 radical (unpaired) electrons. The zero-order valence-electron chi connectivity index (χ0n) is 12.0. The van der Waals surface area contributed by atoms with Crippen LogP contribution in [0.15, 0.2) is 18.2 Å². The van der Waals surface area contributed by atoms with Crippen molar-refractivity contribution in [3.05, 3.63) is 34.6 Å². The van der Waals surface area contributed by atoms with Gasteiger partial charge in [0, 0.05) is 43.3 Å². The maximum atomic E-state index is 14.1. The van der Waals surface area contributed by atoms with Crippen molar-refractivity contribution in [2.24, 2.45) is 5.73 Å². The molecule has 1 aliphatic heterocycles. The highest BCUT2D eigenvalue weighted by atomic mass is 35.5. The van der Waals surface area contributed by atoms with Gasteiger partial charge in [0.1, 0.15) is 5.82 Å². The lowest BCUT2D eigenvalue weighted by Crippen LogP contribution is -2.49. The second-order valence-electron chi connectivity index (χ2n) is 5.29. The summed E-state index contributed by atoms with van der Waals surface area (Å²) in [5.74, 6) is -0.260. The minimum atomic E-state index is -0.260. The molecule has 2 N–H and O–H groups in total. The van der Waals surface area contributed by atoms with Crippen molar-refractivity contribution in [2.45, 2.75) is 19.4 Å². The molecule has 1 heterocycles. The molecular formula is C15H23ClFN3. The van der Waals surface area contributed by atoms with Crippen molar-refractivity contribution < 1.29 is 4.39 Å². The van der Waals surface area contributed by atoms with E-state index < -0.39 is 0 Å². The molecule has 5 heteroatoms. The molecule has 0 amide bonds. The fourth-order valence-electron chi connectivity index (χ4n) is 2.86. The zero-order chi connectivity index (χ0) is 14.5. The van der Waals surface area contributed by atoms with E-state index in [2.05, 4.69) is 16.7 Å². The molecule has 0 bridgehead atoms. The largest absolute Gasteiger partial charge is 0.329 e.